The molecule has 0 radical (unpaired) electrons. The lowest BCUT2D eigenvalue weighted by atomic mass is 10.0. The zero-order valence-corrected chi connectivity index (χ0v) is 12.2. The molecule has 0 aliphatic carbocycles. The summed E-state index contributed by atoms with van der Waals surface area (Å²) in [6.07, 6.45) is 2.98. The quantitative estimate of drug-likeness (QED) is 0.762. The summed E-state index contributed by atoms with van der Waals surface area (Å²) < 4.78 is 25.4. The maximum atomic E-state index is 12.0. The molecule has 0 spiro atoms. The van der Waals surface area contributed by atoms with E-state index in [-0.39, 0.29) is 16.8 Å². The fraction of sp³-hybridized carbons (Fsp3) is 0.462. The van der Waals surface area contributed by atoms with E-state index in [2.05, 4.69) is 15.4 Å². The predicted octanol–water partition coefficient (Wildman–Crippen LogP) is 0.675. The average Bonchev–Trinajstić information content (AvgIpc) is 2.48. The van der Waals surface area contributed by atoms with Crippen LogP contribution in [0.15, 0.2) is 29.2 Å². The first kappa shape index (κ1) is 15.0. The third-order valence-corrected chi connectivity index (χ3v) is 4.76. The molecule has 0 unspecified atom stereocenters. The van der Waals surface area contributed by atoms with Crippen molar-refractivity contribution in [2.75, 3.05) is 18.9 Å². The van der Waals surface area contributed by atoms with Gasteiger partial charge in [0, 0.05) is 5.69 Å². The molecule has 3 N–H and O–H groups in total. The molecule has 1 amide bonds. The van der Waals surface area contributed by atoms with E-state index in [0.29, 0.717) is 5.69 Å². The van der Waals surface area contributed by atoms with Crippen LogP contribution in [0.5, 0.6) is 0 Å². The fourth-order valence-electron chi connectivity index (χ4n) is 2.14. The zero-order chi connectivity index (χ0) is 14.6. The van der Waals surface area contributed by atoms with Gasteiger partial charge in [-0.3, -0.25) is 4.79 Å². The van der Waals surface area contributed by atoms with Gasteiger partial charge in [0.25, 0.3) is 0 Å². The Balaban J connectivity index is 2.02. The van der Waals surface area contributed by atoms with Gasteiger partial charge in [-0.05, 0) is 50.7 Å². The second-order valence-electron chi connectivity index (χ2n) is 4.72. The van der Waals surface area contributed by atoms with Crippen LogP contribution >= 0.6 is 0 Å². The van der Waals surface area contributed by atoms with Crippen molar-refractivity contribution in [2.24, 2.45) is 0 Å². The van der Waals surface area contributed by atoms with Crippen molar-refractivity contribution in [3.8, 4) is 0 Å². The number of hydrogen-bond acceptors (Lipinski definition) is 4. The molecule has 1 atom stereocenters. The average molecular weight is 297 g/mol. The Labute approximate surface area is 119 Å². The first-order valence-corrected chi connectivity index (χ1v) is 8.09. The number of amides is 1. The molecule has 0 bridgehead atoms. The number of hydrogen-bond donors (Lipinski definition) is 3. The van der Waals surface area contributed by atoms with Gasteiger partial charge in [0.15, 0.2) is 0 Å². The van der Waals surface area contributed by atoms with Gasteiger partial charge in [-0.1, -0.05) is 6.42 Å². The minimum atomic E-state index is -3.44. The molecule has 0 aromatic heterocycles. The molecule has 7 heteroatoms. The Morgan fingerprint density at radius 1 is 1.25 bits per heavy atom. The van der Waals surface area contributed by atoms with Crippen LogP contribution < -0.4 is 15.4 Å². The largest absolute Gasteiger partial charge is 0.325 e. The molecular weight excluding hydrogens is 278 g/mol. The van der Waals surface area contributed by atoms with Crippen molar-refractivity contribution in [1.29, 1.82) is 0 Å². The van der Waals surface area contributed by atoms with Crippen LogP contribution in [-0.2, 0) is 14.8 Å². The van der Waals surface area contributed by atoms with Crippen LogP contribution in [0.1, 0.15) is 19.3 Å². The third-order valence-electron chi connectivity index (χ3n) is 3.33. The molecule has 2 rings (SSSR count). The number of rotatable bonds is 4. The maximum Gasteiger partial charge on any atom is 0.241 e. The molecule has 1 aromatic rings. The predicted molar refractivity (Wildman–Crippen MR) is 77.0 cm³/mol. The summed E-state index contributed by atoms with van der Waals surface area (Å²) in [6, 6.07) is 5.95. The first-order valence-electron chi connectivity index (χ1n) is 6.61. The highest BCUT2D eigenvalue weighted by Crippen LogP contribution is 2.15. The van der Waals surface area contributed by atoms with Gasteiger partial charge >= 0.3 is 0 Å². The van der Waals surface area contributed by atoms with Gasteiger partial charge in [0.1, 0.15) is 0 Å². The summed E-state index contributed by atoms with van der Waals surface area (Å²) in [5.74, 6) is -0.0751. The van der Waals surface area contributed by atoms with Crippen molar-refractivity contribution in [2.45, 2.75) is 30.2 Å². The van der Waals surface area contributed by atoms with Crippen LogP contribution in [0.25, 0.3) is 0 Å². The van der Waals surface area contributed by atoms with Gasteiger partial charge in [0.05, 0.1) is 10.9 Å². The van der Waals surface area contributed by atoms with Crippen molar-refractivity contribution in [3.63, 3.8) is 0 Å². The summed E-state index contributed by atoms with van der Waals surface area (Å²) in [6.45, 7) is 0.859. The molecular formula is C13H19N3O3S. The number of benzene rings is 1. The SMILES string of the molecule is CNS(=O)(=O)c1ccc(NC(=O)[C@H]2CCCCN2)cc1. The molecule has 110 valence electrons. The second kappa shape index (κ2) is 6.34. The highest BCUT2D eigenvalue weighted by atomic mass is 32.2. The van der Waals surface area contributed by atoms with Crippen molar-refractivity contribution in [3.05, 3.63) is 24.3 Å². The van der Waals surface area contributed by atoms with Crippen molar-refractivity contribution in [1.82, 2.24) is 10.0 Å². The summed E-state index contributed by atoms with van der Waals surface area (Å²) in [4.78, 5) is 12.2. The van der Waals surface area contributed by atoms with Crippen LogP contribution in [0.2, 0.25) is 0 Å². The minimum Gasteiger partial charge on any atom is -0.325 e. The third kappa shape index (κ3) is 3.56. The fourth-order valence-corrected chi connectivity index (χ4v) is 2.87. The van der Waals surface area contributed by atoms with Crippen molar-refractivity contribution < 1.29 is 13.2 Å². The number of nitrogens with one attached hydrogen (secondary N) is 3. The lowest BCUT2D eigenvalue weighted by Crippen LogP contribution is -2.43. The second-order valence-corrected chi connectivity index (χ2v) is 6.61. The van der Waals surface area contributed by atoms with E-state index in [1.54, 1.807) is 12.1 Å². The highest BCUT2D eigenvalue weighted by molar-refractivity contribution is 7.89. The Bertz CT molecular complexity index is 563. The number of anilines is 1. The van der Waals surface area contributed by atoms with Crippen LogP contribution in [0.3, 0.4) is 0 Å². The van der Waals surface area contributed by atoms with Gasteiger partial charge < -0.3 is 10.6 Å². The van der Waals surface area contributed by atoms with Crippen LogP contribution in [-0.4, -0.2) is 34.0 Å². The van der Waals surface area contributed by atoms with E-state index in [1.165, 1.54) is 19.2 Å². The molecule has 1 heterocycles. The zero-order valence-electron chi connectivity index (χ0n) is 11.3. The molecule has 6 nitrogen and oxygen atoms in total. The Kier molecular flexibility index (Phi) is 4.74. The van der Waals surface area contributed by atoms with E-state index in [1.807, 2.05) is 0 Å². The van der Waals surface area contributed by atoms with E-state index in [4.69, 9.17) is 0 Å². The van der Waals surface area contributed by atoms with E-state index in [0.717, 1.165) is 25.8 Å². The Hall–Kier alpha value is -1.44. The number of sulfonamides is 1. The number of piperidine rings is 1. The highest BCUT2D eigenvalue weighted by Gasteiger charge is 2.20. The van der Waals surface area contributed by atoms with Gasteiger partial charge in [-0.25, -0.2) is 13.1 Å². The number of carbonyl (C=O) groups excluding carboxylic acids is 1. The van der Waals surface area contributed by atoms with Gasteiger partial charge in [-0.15, -0.1) is 0 Å². The smallest absolute Gasteiger partial charge is 0.241 e. The van der Waals surface area contributed by atoms with E-state index in [9.17, 15) is 13.2 Å². The molecule has 1 fully saturated rings. The summed E-state index contributed by atoms with van der Waals surface area (Å²) in [5, 5.41) is 5.96. The normalized spacial score (nSPS) is 19.6. The topological polar surface area (TPSA) is 87.3 Å². The minimum absolute atomic E-state index is 0.0751. The molecule has 1 saturated heterocycles. The molecule has 1 aliphatic heterocycles. The van der Waals surface area contributed by atoms with E-state index >= 15 is 0 Å². The molecule has 20 heavy (non-hydrogen) atoms. The molecule has 1 aliphatic rings. The summed E-state index contributed by atoms with van der Waals surface area (Å²) in [5.41, 5.74) is 0.595. The summed E-state index contributed by atoms with van der Waals surface area (Å²) >= 11 is 0. The lowest BCUT2D eigenvalue weighted by molar-refractivity contribution is -0.118. The Morgan fingerprint density at radius 3 is 2.50 bits per heavy atom. The van der Waals surface area contributed by atoms with E-state index < -0.39 is 10.0 Å². The van der Waals surface area contributed by atoms with Crippen LogP contribution in [0.4, 0.5) is 5.69 Å². The summed E-state index contributed by atoms with van der Waals surface area (Å²) in [7, 11) is -2.08. The molecule has 1 aromatic carbocycles. The monoisotopic (exact) mass is 297 g/mol. The van der Waals surface area contributed by atoms with Crippen LogP contribution in [0, 0.1) is 0 Å². The standard InChI is InChI=1S/C13H19N3O3S/c1-14-20(18,19)11-7-5-10(6-8-11)16-13(17)12-4-2-3-9-15-12/h5-8,12,14-15H,2-4,9H2,1H3,(H,16,17)/t12-/m1/s1. The maximum absolute atomic E-state index is 12.0. The van der Waals surface area contributed by atoms with Gasteiger partial charge in [0.2, 0.25) is 15.9 Å². The lowest BCUT2D eigenvalue weighted by Gasteiger charge is -2.22. The first-order chi connectivity index (χ1) is 9.53. The number of carbonyl (C=O) groups is 1. The molecule has 0 saturated carbocycles. The van der Waals surface area contributed by atoms with Gasteiger partial charge in [-0.2, -0.15) is 0 Å². The van der Waals surface area contributed by atoms with Crippen molar-refractivity contribution >= 4 is 21.6 Å². The Morgan fingerprint density at radius 2 is 1.95 bits per heavy atom.